The summed E-state index contributed by atoms with van der Waals surface area (Å²) in [5.41, 5.74) is 6.71. The van der Waals surface area contributed by atoms with E-state index in [1.54, 1.807) is 0 Å². The van der Waals surface area contributed by atoms with Crippen molar-refractivity contribution in [3.63, 3.8) is 0 Å². The molecule has 0 saturated carbocycles. The van der Waals surface area contributed by atoms with Crippen LogP contribution in [0.1, 0.15) is 28.3 Å². The van der Waals surface area contributed by atoms with E-state index in [1.807, 2.05) is 66.7 Å². The molecule has 0 atom stereocenters. The molecule has 0 spiro atoms. The summed E-state index contributed by atoms with van der Waals surface area (Å²) >= 11 is 0. The largest absolute Gasteiger partial charge is 0.504 e. The second kappa shape index (κ2) is 8.78. The zero-order chi connectivity index (χ0) is 26.5. The first kappa shape index (κ1) is 22.6. The fourth-order valence-corrected chi connectivity index (χ4v) is 5.15. The normalized spacial score (nSPS) is 19.5. The van der Waals surface area contributed by atoms with E-state index in [0.717, 1.165) is 55.3 Å². The maximum Gasteiger partial charge on any atom is 0.267 e. The highest BCUT2D eigenvalue weighted by Gasteiger charge is 2.24. The van der Waals surface area contributed by atoms with Crippen molar-refractivity contribution >= 4 is 34.9 Å². The summed E-state index contributed by atoms with van der Waals surface area (Å²) in [6, 6.07) is 26.2. The fourth-order valence-electron chi connectivity index (χ4n) is 5.15. The summed E-state index contributed by atoms with van der Waals surface area (Å²) in [6.07, 6.45) is 6.61. The standard InChI is InChI=1S/C32H22N4O3/c37-28-14-19(15-29(38)32(28)39)31-26-12-8-22(35-26)16-20-6-10-24(33-20)30(18-4-2-1-3-5-18)25-11-7-21(34-25)17-23-9-13-27(31)36-23/h1-17,33-37H/b20-16-,21-17?,22-16?,23-17-,30-24-,30-25?,31-26?,31-27-. The Morgan fingerprint density at radius 2 is 1.13 bits per heavy atom. The molecule has 39 heavy (non-hydrogen) atoms. The molecule has 188 valence electrons. The lowest BCUT2D eigenvalue weighted by atomic mass is 9.95. The summed E-state index contributed by atoms with van der Waals surface area (Å²) in [5.74, 6) is -2.24. The van der Waals surface area contributed by atoms with E-state index in [-0.39, 0.29) is 0 Å². The van der Waals surface area contributed by atoms with E-state index in [0.29, 0.717) is 11.1 Å². The average Bonchev–Trinajstić information content (AvgIpc) is 3.74. The molecule has 5 heterocycles. The molecule has 0 unspecified atom stereocenters. The second-order valence-corrected chi connectivity index (χ2v) is 9.54. The van der Waals surface area contributed by atoms with Gasteiger partial charge in [0.25, 0.3) is 5.78 Å². The molecule has 0 fully saturated rings. The number of nitrogens with one attached hydrogen (secondary N) is 4. The summed E-state index contributed by atoms with van der Waals surface area (Å²) in [7, 11) is 0. The predicted molar refractivity (Wildman–Crippen MR) is 148 cm³/mol. The molecule has 2 aliphatic rings. The van der Waals surface area contributed by atoms with Crippen molar-refractivity contribution in [1.29, 1.82) is 0 Å². The van der Waals surface area contributed by atoms with Gasteiger partial charge in [0.05, 0.1) is 0 Å². The number of ketones is 2. The van der Waals surface area contributed by atoms with Crippen LogP contribution in [0.2, 0.25) is 0 Å². The average molecular weight is 511 g/mol. The number of Topliss-reactive ketones (excluding diaryl/α,β-unsaturated/α-hetero) is 1. The van der Waals surface area contributed by atoms with Gasteiger partial charge in [-0.3, -0.25) is 9.59 Å². The molecule has 0 radical (unpaired) electrons. The minimum absolute atomic E-state index is 0.437. The van der Waals surface area contributed by atoms with E-state index >= 15 is 0 Å². The maximum atomic E-state index is 12.3. The molecule has 5 aromatic rings. The van der Waals surface area contributed by atoms with Crippen molar-refractivity contribution in [2.45, 2.75) is 0 Å². The summed E-state index contributed by atoms with van der Waals surface area (Å²) in [4.78, 5) is 38.1. The van der Waals surface area contributed by atoms with Crippen LogP contribution in [-0.2, 0) is 9.59 Å². The van der Waals surface area contributed by atoms with Crippen LogP contribution < -0.4 is 21.4 Å². The number of benzene rings is 1. The Morgan fingerprint density at radius 1 is 0.538 bits per heavy atom. The number of allylic oxidation sites excluding steroid dienone is 4. The summed E-state index contributed by atoms with van der Waals surface area (Å²) in [6.45, 7) is 0. The molecule has 8 bridgehead atoms. The predicted octanol–water partition coefficient (Wildman–Crippen LogP) is 1.94. The molecule has 7 heteroatoms. The number of carbonyl (C=O) groups is 2. The van der Waals surface area contributed by atoms with Gasteiger partial charge in [0.1, 0.15) is 0 Å². The smallest absolute Gasteiger partial charge is 0.267 e. The Hall–Kier alpha value is -5.56. The highest BCUT2D eigenvalue weighted by molar-refractivity contribution is 6.48. The van der Waals surface area contributed by atoms with Gasteiger partial charge in [-0.05, 0) is 84.0 Å². The second-order valence-electron chi connectivity index (χ2n) is 9.54. The Balaban J connectivity index is 1.51. The van der Waals surface area contributed by atoms with Gasteiger partial charge in [0.2, 0.25) is 5.78 Å². The highest BCUT2D eigenvalue weighted by Crippen LogP contribution is 2.25. The molecule has 1 aliphatic heterocycles. The minimum atomic E-state index is -0.912. The zero-order valence-electron chi connectivity index (χ0n) is 20.6. The van der Waals surface area contributed by atoms with Crippen molar-refractivity contribution in [3.8, 4) is 0 Å². The van der Waals surface area contributed by atoms with Crippen molar-refractivity contribution in [1.82, 2.24) is 19.9 Å². The number of hydrogen-bond donors (Lipinski definition) is 5. The number of aromatic amines is 4. The van der Waals surface area contributed by atoms with Crippen LogP contribution in [-0.4, -0.2) is 36.6 Å². The van der Waals surface area contributed by atoms with Crippen LogP contribution in [0.3, 0.4) is 0 Å². The lowest BCUT2D eigenvalue weighted by Gasteiger charge is -2.11. The number of H-pyrrole nitrogens is 4. The van der Waals surface area contributed by atoms with E-state index in [9.17, 15) is 14.7 Å². The van der Waals surface area contributed by atoms with Gasteiger partial charge in [-0.25, -0.2) is 0 Å². The first-order chi connectivity index (χ1) is 19.0. The minimum Gasteiger partial charge on any atom is -0.504 e. The maximum absolute atomic E-state index is 12.3. The third-order valence-corrected chi connectivity index (χ3v) is 6.92. The molecule has 5 N–H and O–H groups in total. The molecule has 7 nitrogen and oxygen atoms in total. The van der Waals surface area contributed by atoms with Crippen LogP contribution >= 0.6 is 0 Å². The highest BCUT2D eigenvalue weighted by atomic mass is 16.3. The monoisotopic (exact) mass is 510 g/mol. The van der Waals surface area contributed by atoms with Crippen LogP contribution in [0, 0.1) is 0 Å². The summed E-state index contributed by atoms with van der Waals surface area (Å²) < 4.78 is 0. The van der Waals surface area contributed by atoms with Crippen molar-refractivity contribution in [2.24, 2.45) is 0 Å². The fraction of sp³-hybridized carbons (Fsp3) is 0. The van der Waals surface area contributed by atoms with Crippen molar-refractivity contribution < 1.29 is 14.7 Å². The number of carbonyl (C=O) groups excluding carboxylic acids is 2. The van der Waals surface area contributed by atoms with Crippen LogP contribution in [0.25, 0.3) is 23.3 Å². The van der Waals surface area contributed by atoms with Gasteiger partial charge < -0.3 is 25.0 Å². The zero-order valence-corrected chi connectivity index (χ0v) is 20.6. The van der Waals surface area contributed by atoms with Gasteiger partial charge in [0.15, 0.2) is 5.76 Å². The van der Waals surface area contributed by atoms with E-state index in [2.05, 4.69) is 44.2 Å². The number of rotatable bonds is 2. The number of hydrogen-bond acceptors (Lipinski definition) is 3. The van der Waals surface area contributed by atoms with Crippen molar-refractivity contribution in [2.75, 3.05) is 0 Å². The first-order valence-corrected chi connectivity index (χ1v) is 12.5. The number of aliphatic hydroxyl groups excluding tert-OH is 1. The third-order valence-electron chi connectivity index (χ3n) is 6.92. The summed E-state index contributed by atoms with van der Waals surface area (Å²) in [5, 5.41) is 13.6. The van der Waals surface area contributed by atoms with Crippen LogP contribution in [0.4, 0.5) is 0 Å². The molecule has 0 saturated heterocycles. The lowest BCUT2D eigenvalue weighted by Crippen LogP contribution is -2.21. The number of fused-ring (bicyclic) bond motifs is 8. The molecule has 0 amide bonds. The molecular weight excluding hydrogens is 488 g/mol. The van der Waals surface area contributed by atoms with E-state index < -0.39 is 17.3 Å². The van der Waals surface area contributed by atoms with Crippen LogP contribution in [0.5, 0.6) is 0 Å². The Morgan fingerprint density at radius 3 is 1.74 bits per heavy atom. The molecule has 4 aromatic heterocycles. The van der Waals surface area contributed by atoms with Gasteiger partial charge in [0, 0.05) is 55.3 Å². The number of aromatic nitrogens is 4. The van der Waals surface area contributed by atoms with Crippen molar-refractivity contribution in [3.05, 3.63) is 152 Å². The topological polar surface area (TPSA) is 118 Å². The molecule has 7 rings (SSSR count). The SMILES string of the molecule is O=C1C=C(/C2=c3\cc/c([nH]3)=C/c3ccc([nH]3)/C(c3ccccc3)=c3/cc/c([nH]3)=C/c3ccc2[nH]3)C=C(O)C1=O. The van der Waals surface area contributed by atoms with Gasteiger partial charge in [-0.15, -0.1) is 0 Å². The Labute approximate surface area is 221 Å². The van der Waals surface area contributed by atoms with Gasteiger partial charge in [-0.2, -0.15) is 0 Å². The Kier molecular flexibility index (Phi) is 5.09. The quantitative estimate of drug-likeness (QED) is 0.185. The van der Waals surface area contributed by atoms with E-state index in [1.165, 1.54) is 12.2 Å². The molecule has 1 aliphatic carbocycles. The van der Waals surface area contributed by atoms with Gasteiger partial charge >= 0.3 is 0 Å². The van der Waals surface area contributed by atoms with E-state index in [4.69, 9.17) is 0 Å². The van der Waals surface area contributed by atoms with Crippen LogP contribution in [0.15, 0.2) is 102 Å². The number of aliphatic hydroxyl groups is 1. The molecular formula is C32H22N4O3. The molecule has 1 aromatic carbocycles. The lowest BCUT2D eigenvalue weighted by molar-refractivity contribution is -0.133. The first-order valence-electron chi connectivity index (χ1n) is 12.5. The third kappa shape index (κ3) is 4.02. The Bertz CT molecular complexity index is 2110. The van der Waals surface area contributed by atoms with Gasteiger partial charge in [-0.1, -0.05) is 30.3 Å².